The minimum atomic E-state index is -1.76. The van der Waals surface area contributed by atoms with Gasteiger partial charge >= 0.3 is 11.9 Å². The van der Waals surface area contributed by atoms with Crippen LogP contribution in [0.3, 0.4) is 0 Å². The number of carbonyl (C=O) groups excluding carboxylic acids is 3. The van der Waals surface area contributed by atoms with Crippen LogP contribution in [0.15, 0.2) is 0 Å². The summed E-state index contributed by atoms with van der Waals surface area (Å²) in [5.74, 6) is -6.48. The molecule has 0 radical (unpaired) electrons. The molecular weight excluding hydrogens is 372 g/mol. The van der Waals surface area contributed by atoms with Crippen LogP contribution < -0.4 is 21.7 Å². The van der Waals surface area contributed by atoms with Crippen LogP contribution in [0.2, 0.25) is 0 Å². The van der Waals surface area contributed by atoms with E-state index in [1.54, 1.807) is 0 Å². The molecule has 0 saturated heterocycles. The van der Waals surface area contributed by atoms with Gasteiger partial charge in [0, 0.05) is 0 Å². The first-order valence-electron chi connectivity index (χ1n) is 7.51. The van der Waals surface area contributed by atoms with Crippen LogP contribution in [0.4, 0.5) is 0 Å². The van der Waals surface area contributed by atoms with Gasteiger partial charge in [-0.15, -0.1) is 0 Å². The lowest BCUT2D eigenvalue weighted by atomic mass is 10.1. The largest absolute Gasteiger partial charge is 0.481 e. The Morgan fingerprint density at radius 1 is 0.704 bits per heavy atom. The molecule has 0 aliphatic rings. The predicted octanol–water partition coefficient (Wildman–Crippen LogP) is -5.70. The van der Waals surface area contributed by atoms with Crippen molar-refractivity contribution in [2.24, 2.45) is 5.73 Å². The zero-order valence-corrected chi connectivity index (χ0v) is 14.0. The van der Waals surface area contributed by atoms with E-state index >= 15 is 0 Å². The monoisotopic (exact) mass is 394 g/mol. The molecule has 154 valence electrons. The average molecular weight is 394 g/mol. The highest BCUT2D eigenvalue weighted by atomic mass is 16.4. The van der Waals surface area contributed by atoms with Crippen LogP contribution >= 0.6 is 0 Å². The Kier molecular flexibility index (Phi) is 10.5. The quantitative estimate of drug-likeness (QED) is 0.151. The van der Waals surface area contributed by atoms with Gasteiger partial charge < -0.3 is 47.2 Å². The molecule has 14 heteroatoms. The molecule has 14 nitrogen and oxygen atoms in total. The highest BCUT2D eigenvalue weighted by Crippen LogP contribution is 1.97. The standard InChI is InChI=1S/C13H22N4O10/c14-5(2-18)10(23)16-7(3-19)12(25)15-6(1-9(21)22)11(24)17-8(4-20)13(26)27/h5-8,18-20H,1-4,14H2,(H,15,25)(H,16,23)(H,17,24)(H,21,22)(H,26,27). The number of carboxylic acids is 2. The van der Waals surface area contributed by atoms with Crippen molar-refractivity contribution in [3.05, 3.63) is 0 Å². The molecule has 0 aromatic carbocycles. The predicted molar refractivity (Wildman–Crippen MR) is 84.9 cm³/mol. The lowest BCUT2D eigenvalue weighted by Crippen LogP contribution is -2.59. The number of aliphatic hydroxyl groups is 3. The normalized spacial score (nSPS) is 15.0. The molecule has 4 unspecified atom stereocenters. The summed E-state index contributed by atoms with van der Waals surface area (Å²) in [6, 6.07) is -6.50. The smallest absolute Gasteiger partial charge is 0.328 e. The van der Waals surface area contributed by atoms with E-state index in [9.17, 15) is 29.1 Å². The maximum absolute atomic E-state index is 12.1. The summed E-state index contributed by atoms with van der Waals surface area (Å²) in [4.78, 5) is 57.3. The minimum Gasteiger partial charge on any atom is -0.481 e. The van der Waals surface area contributed by atoms with Crippen LogP contribution in [0.25, 0.3) is 0 Å². The van der Waals surface area contributed by atoms with Crippen LogP contribution in [0.1, 0.15) is 6.42 Å². The molecule has 4 atom stereocenters. The van der Waals surface area contributed by atoms with Gasteiger partial charge in [-0.2, -0.15) is 0 Å². The van der Waals surface area contributed by atoms with Crippen LogP contribution in [0.5, 0.6) is 0 Å². The van der Waals surface area contributed by atoms with E-state index in [0.29, 0.717) is 0 Å². The zero-order valence-electron chi connectivity index (χ0n) is 14.0. The second-order valence-corrected chi connectivity index (χ2v) is 5.27. The molecule has 0 bridgehead atoms. The number of nitrogens with two attached hydrogens (primary N) is 1. The van der Waals surface area contributed by atoms with Crippen molar-refractivity contribution in [2.45, 2.75) is 30.6 Å². The van der Waals surface area contributed by atoms with Gasteiger partial charge in [0.2, 0.25) is 17.7 Å². The first-order chi connectivity index (χ1) is 12.6. The zero-order chi connectivity index (χ0) is 21.1. The number of rotatable bonds is 12. The number of aliphatic hydroxyl groups excluding tert-OH is 3. The lowest BCUT2D eigenvalue weighted by molar-refractivity contribution is -0.144. The molecule has 0 saturated carbocycles. The van der Waals surface area contributed by atoms with Crippen LogP contribution in [0, 0.1) is 0 Å². The van der Waals surface area contributed by atoms with E-state index < -0.39 is 80.1 Å². The lowest BCUT2D eigenvalue weighted by Gasteiger charge is -2.23. The number of hydrogen-bond donors (Lipinski definition) is 9. The summed E-state index contributed by atoms with van der Waals surface area (Å²) < 4.78 is 0. The summed E-state index contributed by atoms with van der Waals surface area (Å²) in [7, 11) is 0. The van der Waals surface area contributed by atoms with Crippen molar-refractivity contribution in [1.29, 1.82) is 0 Å². The molecule has 0 fully saturated rings. The number of carboxylic acid groups (broad SMARTS) is 2. The third kappa shape index (κ3) is 8.41. The highest BCUT2D eigenvalue weighted by molar-refractivity contribution is 5.95. The van der Waals surface area contributed by atoms with E-state index in [0.717, 1.165) is 0 Å². The van der Waals surface area contributed by atoms with Gasteiger partial charge in [-0.25, -0.2) is 4.79 Å². The molecule has 0 heterocycles. The Balaban J connectivity index is 5.16. The van der Waals surface area contributed by atoms with E-state index in [-0.39, 0.29) is 0 Å². The molecule has 0 aromatic heterocycles. The first kappa shape index (κ1) is 24.2. The maximum atomic E-state index is 12.1. The first-order valence-corrected chi connectivity index (χ1v) is 7.51. The van der Waals surface area contributed by atoms with Crippen molar-refractivity contribution in [3.63, 3.8) is 0 Å². The second kappa shape index (κ2) is 11.7. The van der Waals surface area contributed by atoms with E-state index in [4.69, 9.17) is 26.2 Å². The fourth-order valence-electron chi connectivity index (χ4n) is 1.67. The number of hydrogen-bond acceptors (Lipinski definition) is 9. The van der Waals surface area contributed by atoms with Gasteiger partial charge in [0.15, 0.2) is 0 Å². The summed E-state index contributed by atoms with van der Waals surface area (Å²) >= 11 is 0. The van der Waals surface area contributed by atoms with Gasteiger partial charge in [0.25, 0.3) is 0 Å². The van der Waals surface area contributed by atoms with Crippen LogP contribution in [-0.4, -0.2) is 99.2 Å². The van der Waals surface area contributed by atoms with Gasteiger partial charge in [0.1, 0.15) is 24.2 Å². The fourth-order valence-corrected chi connectivity index (χ4v) is 1.67. The van der Waals surface area contributed by atoms with E-state index in [2.05, 4.69) is 0 Å². The van der Waals surface area contributed by atoms with Crippen molar-refractivity contribution in [3.8, 4) is 0 Å². The summed E-state index contributed by atoms with van der Waals surface area (Å²) in [5, 5.41) is 50.2. The van der Waals surface area contributed by atoms with Crippen molar-refractivity contribution < 1.29 is 49.5 Å². The Bertz CT molecular complexity index is 569. The average Bonchev–Trinajstić information content (AvgIpc) is 2.61. The molecule has 0 aliphatic carbocycles. The molecule has 0 spiro atoms. The van der Waals surface area contributed by atoms with Crippen molar-refractivity contribution in [2.75, 3.05) is 19.8 Å². The SMILES string of the molecule is NC(CO)C(=O)NC(CO)C(=O)NC(CC(=O)O)C(=O)NC(CO)C(=O)O. The minimum absolute atomic E-state index is 0.743. The van der Waals surface area contributed by atoms with Gasteiger partial charge in [-0.1, -0.05) is 0 Å². The molecule has 27 heavy (non-hydrogen) atoms. The van der Waals surface area contributed by atoms with Gasteiger partial charge in [0.05, 0.1) is 26.2 Å². The van der Waals surface area contributed by atoms with Crippen molar-refractivity contribution in [1.82, 2.24) is 16.0 Å². The molecule has 0 aromatic rings. The molecule has 0 rings (SSSR count). The summed E-state index contributed by atoms with van der Waals surface area (Å²) in [6.45, 7) is -2.66. The Morgan fingerprint density at radius 2 is 1.15 bits per heavy atom. The third-order valence-electron chi connectivity index (χ3n) is 3.16. The summed E-state index contributed by atoms with van der Waals surface area (Å²) in [5.41, 5.74) is 5.24. The third-order valence-corrected chi connectivity index (χ3v) is 3.16. The molecule has 3 amide bonds. The fraction of sp³-hybridized carbons (Fsp3) is 0.615. The second-order valence-electron chi connectivity index (χ2n) is 5.27. The number of amides is 3. The number of aliphatic carboxylic acids is 2. The highest BCUT2D eigenvalue weighted by Gasteiger charge is 2.31. The summed E-state index contributed by atoms with van der Waals surface area (Å²) in [6.07, 6.45) is -0.947. The number of nitrogens with one attached hydrogen (secondary N) is 3. The Hall–Kier alpha value is -2.81. The molecule has 0 aliphatic heterocycles. The number of carbonyl (C=O) groups is 5. The van der Waals surface area contributed by atoms with E-state index in [1.165, 1.54) is 0 Å². The maximum Gasteiger partial charge on any atom is 0.328 e. The Morgan fingerprint density at radius 3 is 1.56 bits per heavy atom. The van der Waals surface area contributed by atoms with Gasteiger partial charge in [-0.3, -0.25) is 19.2 Å². The van der Waals surface area contributed by atoms with Gasteiger partial charge in [-0.05, 0) is 0 Å². The topological polar surface area (TPSA) is 249 Å². The molecule has 10 N–H and O–H groups in total. The van der Waals surface area contributed by atoms with E-state index in [1.807, 2.05) is 16.0 Å². The Labute approximate surface area is 152 Å². The molecular formula is C13H22N4O10. The van der Waals surface area contributed by atoms with Crippen molar-refractivity contribution >= 4 is 29.7 Å². The van der Waals surface area contributed by atoms with Crippen LogP contribution in [-0.2, 0) is 24.0 Å².